The predicted molar refractivity (Wildman–Crippen MR) is 101 cm³/mol. The van der Waals surface area contributed by atoms with Crippen molar-refractivity contribution in [1.29, 1.82) is 0 Å². The van der Waals surface area contributed by atoms with E-state index in [1.165, 1.54) is 0 Å². The number of hydrogen-bond donors (Lipinski definition) is 0. The van der Waals surface area contributed by atoms with Crippen LogP contribution in [0.25, 0.3) is 0 Å². The first kappa shape index (κ1) is 48.0. The summed E-state index contributed by atoms with van der Waals surface area (Å²) in [6, 6.07) is 0. The molecule has 0 aliphatic carbocycles. The average molecular weight is 458 g/mol. The van der Waals surface area contributed by atoms with E-state index in [1.807, 2.05) is 0 Å². The van der Waals surface area contributed by atoms with Gasteiger partial charge in [0.05, 0.1) is 39.6 Å². The number of phosphoric acid groups is 1. The van der Waals surface area contributed by atoms with Gasteiger partial charge in [-0.05, 0) is 0 Å². The number of ether oxygens (including phenoxy) is 3. The monoisotopic (exact) mass is 458 g/mol. The summed E-state index contributed by atoms with van der Waals surface area (Å²) in [6.07, 6.45) is 10.3. The summed E-state index contributed by atoms with van der Waals surface area (Å²) in [7, 11) is -5.39. The number of rotatable bonds is 12. The van der Waals surface area contributed by atoms with E-state index in [0.717, 1.165) is 0 Å². The minimum Gasteiger partial charge on any atom is -0.822 e. The molecule has 0 unspecified atom stereocenters. The molecule has 0 aromatic rings. The SMILES string of the molecule is C=CCOCC=C.C=CCOCC=C.C=CCOCC=C.O=P([O-])([O-])[O-].[Na+].[Na+].[Na+]. The van der Waals surface area contributed by atoms with Gasteiger partial charge in [-0.1, -0.05) is 36.5 Å². The van der Waals surface area contributed by atoms with E-state index in [0.29, 0.717) is 39.6 Å². The van der Waals surface area contributed by atoms with E-state index in [2.05, 4.69) is 39.5 Å². The van der Waals surface area contributed by atoms with E-state index < -0.39 is 7.82 Å². The molecule has 7 nitrogen and oxygen atoms in total. The van der Waals surface area contributed by atoms with Crippen molar-refractivity contribution in [1.82, 2.24) is 0 Å². The average Bonchev–Trinajstić information content (AvgIpc) is 2.56. The van der Waals surface area contributed by atoms with Gasteiger partial charge in [-0.25, -0.2) is 0 Å². The van der Waals surface area contributed by atoms with Crippen molar-refractivity contribution in [2.45, 2.75) is 0 Å². The molecule has 0 saturated carbocycles. The Bertz CT molecular complexity index is 328. The maximum absolute atomic E-state index is 8.55. The third-order valence-electron chi connectivity index (χ3n) is 1.41. The molecule has 0 bridgehead atoms. The van der Waals surface area contributed by atoms with Gasteiger partial charge < -0.3 is 33.5 Å². The fraction of sp³-hybridized carbons (Fsp3) is 0.333. The van der Waals surface area contributed by atoms with Gasteiger partial charge in [-0.3, -0.25) is 0 Å². The molecular weight excluding hydrogens is 428 g/mol. The van der Waals surface area contributed by atoms with Crippen molar-refractivity contribution in [3.63, 3.8) is 0 Å². The van der Waals surface area contributed by atoms with Gasteiger partial charge >= 0.3 is 88.7 Å². The van der Waals surface area contributed by atoms with Crippen molar-refractivity contribution in [3.8, 4) is 0 Å². The van der Waals surface area contributed by atoms with E-state index in [-0.39, 0.29) is 88.7 Å². The molecule has 0 radical (unpaired) electrons. The van der Waals surface area contributed by atoms with Gasteiger partial charge in [-0.2, -0.15) is 7.82 Å². The Morgan fingerprint density at radius 3 is 0.690 bits per heavy atom. The van der Waals surface area contributed by atoms with E-state index in [4.69, 9.17) is 33.5 Å². The Labute approximate surface area is 242 Å². The number of hydrogen-bond acceptors (Lipinski definition) is 7. The zero-order valence-corrected chi connectivity index (χ0v) is 25.1. The van der Waals surface area contributed by atoms with Crippen LogP contribution < -0.4 is 103 Å². The largest absolute Gasteiger partial charge is 1.00 e. The van der Waals surface area contributed by atoms with Gasteiger partial charge in [0.2, 0.25) is 0 Å². The molecule has 0 spiro atoms. The van der Waals surface area contributed by atoms with Gasteiger partial charge in [0, 0.05) is 0 Å². The van der Waals surface area contributed by atoms with Crippen LogP contribution in [0.4, 0.5) is 0 Å². The van der Waals surface area contributed by atoms with Gasteiger partial charge in [0.1, 0.15) is 0 Å². The first-order chi connectivity index (χ1) is 12.2. The van der Waals surface area contributed by atoms with Crippen molar-refractivity contribution in [2.75, 3.05) is 39.6 Å². The van der Waals surface area contributed by atoms with Crippen molar-refractivity contribution in [3.05, 3.63) is 75.9 Å². The summed E-state index contributed by atoms with van der Waals surface area (Å²) in [5.74, 6) is 0. The second-order valence-electron chi connectivity index (χ2n) is 3.79. The molecule has 0 N–H and O–H groups in total. The zero-order valence-electron chi connectivity index (χ0n) is 18.3. The van der Waals surface area contributed by atoms with Crippen LogP contribution in [0.2, 0.25) is 0 Å². The maximum atomic E-state index is 8.55. The molecule has 152 valence electrons. The molecular formula is C18H30Na3O7P. The Morgan fingerprint density at radius 1 is 0.517 bits per heavy atom. The third-order valence-corrected chi connectivity index (χ3v) is 1.41. The molecule has 0 aliphatic rings. The summed E-state index contributed by atoms with van der Waals surface area (Å²) < 4.78 is 23.2. The molecule has 0 aliphatic heterocycles. The molecule has 0 aromatic carbocycles. The molecule has 29 heavy (non-hydrogen) atoms. The first-order valence-electron chi connectivity index (χ1n) is 7.36. The zero-order chi connectivity index (χ0) is 21.1. The fourth-order valence-corrected chi connectivity index (χ4v) is 0.704. The Kier molecular flexibility index (Phi) is 78.3. The van der Waals surface area contributed by atoms with Crippen LogP contribution in [-0.2, 0) is 18.8 Å². The standard InChI is InChI=1S/3C6H10O.3Na.H3O4P/c3*1-3-5-7-6-4-2;;;;1-5(2,3)4/h3*3-4H,1-2,5-6H2;;;;(H3,1,2,3,4)/q;;;3*+1;/p-3. The molecule has 11 heteroatoms. The summed E-state index contributed by atoms with van der Waals surface area (Å²) >= 11 is 0. The quantitative estimate of drug-likeness (QED) is 0.124. The topological polar surface area (TPSA) is 114 Å². The smallest absolute Gasteiger partial charge is 0.822 e. The predicted octanol–water partition coefficient (Wildman–Crippen LogP) is -7.69. The Balaban J connectivity index is -0.0000000433. The summed E-state index contributed by atoms with van der Waals surface area (Å²) in [5, 5.41) is 0. The minimum atomic E-state index is -5.39. The summed E-state index contributed by atoms with van der Waals surface area (Å²) in [4.78, 5) is 25.6. The van der Waals surface area contributed by atoms with Gasteiger partial charge in [0.15, 0.2) is 0 Å². The molecule has 0 saturated heterocycles. The second kappa shape index (κ2) is 47.3. The van der Waals surface area contributed by atoms with Crippen LogP contribution in [0.5, 0.6) is 0 Å². The van der Waals surface area contributed by atoms with Gasteiger partial charge in [-0.15, -0.1) is 39.5 Å². The van der Waals surface area contributed by atoms with E-state index >= 15 is 0 Å². The first-order valence-corrected chi connectivity index (χ1v) is 8.82. The van der Waals surface area contributed by atoms with Crippen molar-refractivity contribution >= 4 is 7.82 Å². The second-order valence-corrected chi connectivity index (χ2v) is 4.69. The summed E-state index contributed by atoms with van der Waals surface area (Å²) in [6.45, 7) is 24.5. The van der Waals surface area contributed by atoms with Crippen LogP contribution in [0, 0.1) is 0 Å². The van der Waals surface area contributed by atoms with Crippen LogP contribution >= 0.6 is 7.82 Å². The molecule has 0 amide bonds. The molecule has 0 fully saturated rings. The van der Waals surface area contributed by atoms with Crippen molar-refractivity contribution in [2.24, 2.45) is 0 Å². The van der Waals surface area contributed by atoms with Gasteiger partial charge in [0.25, 0.3) is 0 Å². The molecule has 0 aromatic heterocycles. The normalized spacial score (nSPS) is 7.83. The van der Waals surface area contributed by atoms with Crippen LogP contribution in [0.1, 0.15) is 0 Å². The Morgan fingerprint density at radius 2 is 0.621 bits per heavy atom. The Hall–Kier alpha value is 1.43. The van der Waals surface area contributed by atoms with E-state index in [1.54, 1.807) is 36.5 Å². The van der Waals surface area contributed by atoms with Crippen LogP contribution in [0.3, 0.4) is 0 Å². The maximum Gasteiger partial charge on any atom is 1.00 e. The minimum absolute atomic E-state index is 0. The fourth-order valence-electron chi connectivity index (χ4n) is 0.704. The van der Waals surface area contributed by atoms with E-state index in [9.17, 15) is 0 Å². The van der Waals surface area contributed by atoms with Crippen molar-refractivity contribution < 1.29 is 122 Å². The molecule has 0 atom stereocenters. The van der Waals surface area contributed by atoms with Crippen LogP contribution in [-0.4, -0.2) is 39.6 Å². The summed E-state index contributed by atoms with van der Waals surface area (Å²) in [5.41, 5.74) is 0. The third kappa shape index (κ3) is 123. The molecule has 0 rings (SSSR count). The van der Waals surface area contributed by atoms with Crippen LogP contribution in [0.15, 0.2) is 75.9 Å². The molecule has 0 heterocycles.